The van der Waals surface area contributed by atoms with Crippen LogP contribution in [0.3, 0.4) is 0 Å². The summed E-state index contributed by atoms with van der Waals surface area (Å²) in [6.45, 7) is 2.32. The lowest BCUT2D eigenvalue weighted by atomic mass is 9.68. The van der Waals surface area contributed by atoms with Crippen molar-refractivity contribution in [3.63, 3.8) is 0 Å². The van der Waals surface area contributed by atoms with Crippen molar-refractivity contribution in [1.82, 2.24) is 0 Å². The fourth-order valence-electron chi connectivity index (χ4n) is 4.54. The van der Waals surface area contributed by atoms with E-state index in [2.05, 4.69) is 33.9 Å². The largest absolute Gasteiger partial charge is 0.0745 e. The summed E-state index contributed by atoms with van der Waals surface area (Å²) in [4.78, 5) is 2.07. The van der Waals surface area contributed by atoms with E-state index < -0.39 is 0 Å². The molecule has 0 spiro atoms. The van der Waals surface area contributed by atoms with Crippen molar-refractivity contribution in [2.45, 2.75) is 84.0 Å². The minimum atomic E-state index is 0.857. The summed E-state index contributed by atoms with van der Waals surface area (Å²) in [5.41, 5.74) is 0. The highest BCUT2D eigenvalue weighted by Crippen LogP contribution is 2.42. The highest BCUT2D eigenvalue weighted by atomic mass is 79.9. The molecule has 0 heterocycles. The zero-order valence-corrected chi connectivity index (χ0v) is 14.9. The van der Waals surface area contributed by atoms with E-state index in [0.29, 0.717) is 0 Å². The Morgan fingerprint density at radius 3 is 2.00 bits per heavy atom. The van der Waals surface area contributed by atoms with Crippen molar-refractivity contribution in [2.75, 3.05) is 0 Å². The van der Waals surface area contributed by atoms with E-state index >= 15 is 0 Å². The van der Waals surface area contributed by atoms with Crippen LogP contribution in [0.5, 0.6) is 0 Å². The number of unbranched alkanes of at least 4 members (excludes halogenated alkanes) is 2. The van der Waals surface area contributed by atoms with Crippen LogP contribution in [0.1, 0.15) is 84.0 Å². The number of allylic oxidation sites excluding steroid dienone is 1. The van der Waals surface area contributed by atoms with Gasteiger partial charge in [0.15, 0.2) is 0 Å². The minimum Gasteiger partial charge on any atom is -0.0745 e. The molecule has 0 nitrogen and oxygen atoms in total. The van der Waals surface area contributed by atoms with Gasteiger partial charge in [0.2, 0.25) is 0 Å². The second-order valence-corrected chi connectivity index (χ2v) is 7.80. The SMILES string of the molecule is CCCCCC1CCC(C2CCC(C=CBr)CC2)CC1. The average molecular weight is 341 g/mol. The average Bonchev–Trinajstić information content (AvgIpc) is 2.49. The molecule has 116 valence electrons. The number of hydrogen-bond acceptors (Lipinski definition) is 0. The Bertz CT molecular complexity index is 267. The molecule has 2 aliphatic carbocycles. The molecule has 2 saturated carbocycles. The molecular formula is C19H33Br. The van der Waals surface area contributed by atoms with Crippen molar-refractivity contribution >= 4 is 15.9 Å². The third-order valence-electron chi connectivity index (χ3n) is 5.94. The van der Waals surface area contributed by atoms with Gasteiger partial charge in [-0.15, -0.1) is 0 Å². The Morgan fingerprint density at radius 1 is 0.850 bits per heavy atom. The Morgan fingerprint density at radius 2 is 1.45 bits per heavy atom. The van der Waals surface area contributed by atoms with Gasteiger partial charge in [-0.2, -0.15) is 0 Å². The molecule has 0 unspecified atom stereocenters. The van der Waals surface area contributed by atoms with Crippen molar-refractivity contribution in [3.05, 3.63) is 11.1 Å². The van der Waals surface area contributed by atoms with E-state index in [1.54, 1.807) is 12.8 Å². The van der Waals surface area contributed by atoms with Crippen LogP contribution in [0.4, 0.5) is 0 Å². The lowest BCUT2D eigenvalue weighted by Crippen LogP contribution is -2.25. The van der Waals surface area contributed by atoms with Gasteiger partial charge >= 0.3 is 0 Å². The maximum Gasteiger partial charge on any atom is -0.0225 e. The first-order valence-corrected chi connectivity index (χ1v) is 10.0. The van der Waals surface area contributed by atoms with Crippen LogP contribution in [-0.4, -0.2) is 0 Å². The molecule has 0 aromatic heterocycles. The van der Waals surface area contributed by atoms with Gasteiger partial charge in [-0.25, -0.2) is 0 Å². The van der Waals surface area contributed by atoms with Gasteiger partial charge in [0.1, 0.15) is 0 Å². The first-order chi connectivity index (χ1) is 9.83. The van der Waals surface area contributed by atoms with Gasteiger partial charge in [0.05, 0.1) is 0 Å². The summed E-state index contributed by atoms with van der Waals surface area (Å²) in [6.07, 6.45) is 20.2. The van der Waals surface area contributed by atoms with Crippen molar-refractivity contribution < 1.29 is 0 Å². The third kappa shape index (κ3) is 5.20. The summed E-state index contributed by atoms with van der Waals surface area (Å²) in [5, 5.41) is 0. The molecule has 0 aliphatic heterocycles. The topological polar surface area (TPSA) is 0 Å². The summed E-state index contributed by atoms with van der Waals surface area (Å²) < 4.78 is 0. The van der Waals surface area contributed by atoms with E-state index in [1.165, 1.54) is 64.2 Å². The highest BCUT2D eigenvalue weighted by Gasteiger charge is 2.30. The second kappa shape index (κ2) is 9.28. The maximum atomic E-state index is 3.43. The van der Waals surface area contributed by atoms with Crippen molar-refractivity contribution in [1.29, 1.82) is 0 Å². The van der Waals surface area contributed by atoms with E-state index in [9.17, 15) is 0 Å². The zero-order valence-electron chi connectivity index (χ0n) is 13.3. The van der Waals surface area contributed by atoms with Gasteiger partial charge < -0.3 is 0 Å². The third-order valence-corrected chi connectivity index (χ3v) is 6.24. The lowest BCUT2D eigenvalue weighted by Gasteiger charge is -2.37. The molecular weight excluding hydrogens is 308 g/mol. The standard InChI is InChI=1S/C19H33Br/c1-2-3-4-5-16-6-10-18(11-7-16)19-12-8-17(9-13-19)14-15-20/h14-19H,2-13H2,1H3. The van der Waals surface area contributed by atoms with E-state index in [1.807, 2.05) is 0 Å². The molecule has 0 N–H and O–H groups in total. The maximum absolute atomic E-state index is 3.43. The first-order valence-electron chi connectivity index (χ1n) is 9.10. The molecule has 0 radical (unpaired) electrons. The predicted octanol–water partition coefficient (Wildman–Crippen LogP) is 7.09. The molecule has 2 aliphatic rings. The van der Waals surface area contributed by atoms with Crippen LogP contribution in [-0.2, 0) is 0 Å². The van der Waals surface area contributed by atoms with Crippen molar-refractivity contribution in [2.24, 2.45) is 23.7 Å². The minimum absolute atomic E-state index is 0.857. The number of rotatable bonds is 6. The van der Waals surface area contributed by atoms with Crippen LogP contribution in [0.15, 0.2) is 11.1 Å². The Kier molecular flexibility index (Phi) is 7.70. The fourth-order valence-corrected chi connectivity index (χ4v) is 4.97. The molecule has 0 aromatic carbocycles. The smallest absolute Gasteiger partial charge is 0.0225 e. The predicted molar refractivity (Wildman–Crippen MR) is 93.1 cm³/mol. The number of hydrogen-bond donors (Lipinski definition) is 0. The van der Waals surface area contributed by atoms with Gasteiger partial charge in [0.25, 0.3) is 0 Å². The molecule has 2 rings (SSSR count). The second-order valence-electron chi connectivity index (χ2n) is 7.27. The normalized spacial score (nSPS) is 35.5. The van der Waals surface area contributed by atoms with Gasteiger partial charge in [-0.3, -0.25) is 0 Å². The van der Waals surface area contributed by atoms with Gasteiger partial charge in [0, 0.05) is 0 Å². The van der Waals surface area contributed by atoms with Crippen molar-refractivity contribution in [3.8, 4) is 0 Å². The fraction of sp³-hybridized carbons (Fsp3) is 0.895. The van der Waals surface area contributed by atoms with E-state index in [0.717, 1.165) is 23.7 Å². The molecule has 0 atom stereocenters. The summed E-state index contributed by atoms with van der Waals surface area (Å²) >= 11 is 3.43. The Balaban J connectivity index is 1.64. The molecule has 20 heavy (non-hydrogen) atoms. The van der Waals surface area contributed by atoms with Crippen LogP contribution in [0, 0.1) is 23.7 Å². The van der Waals surface area contributed by atoms with Crippen LogP contribution in [0.25, 0.3) is 0 Å². The van der Waals surface area contributed by atoms with E-state index in [-0.39, 0.29) is 0 Å². The number of halogens is 1. The molecule has 0 saturated heterocycles. The Labute approximate surface area is 134 Å². The van der Waals surface area contributed by atoms with Gasteiger partial charge in [-0.1, -0.05) is 67.5 Å². The summed E-state index contributed by atoms with van der Waals surface area (Å²) in [7, 11) is 0. The molecule has 0 amide bonds. The van der Waals surface area contributed by atoms with E-state index in [4.69, 9.17) is 0 Å². The van der Waals surface area contributed by atoms with Crippen LogP contribution in [0.2, 0.25) is 0 Å². The monoisotopic (exact) mass is 340 g/mol. The highest BCUT2D eigenvalue weighted by molar-refractivity contribution is 9.11. The quantitative estimate of drug-likeness (QED) is 0.452. The van der Waals surface area contributed by atoms with Gasteiger partial charge in [-0.05, 0) is 67.2 Å². The van der Waals surface area contributed by atoms with Crippen LogP contribution >= 0.6 is 15.9 Å². The van der Waals surface area contributed by atoms with Crippen LogP contribution < -0.4 is 0 Å². The zero-order chi connectivity index (χ0) is 14.2. The summed E-state index contributed by atoms with van der Waals surface area (Å²) in [5.74, 6) is 4.07. The molecule has 0 aromatic rings. The molecule has 2 fully saturated rings. The Hall–Kier alpha value is 0.220. The lowest BCUT2D eigenvalue weighted by molar-refractivity contribution is 0.151. The first kappa shape index (κ1) is 16.6. The molecule has 0 bridgehead atoms. The summed E-state index contributed by atoms with van der Waals surface area (Å²) in [6, 6.07) is 0. The molecule has 1 heteroatoms.